The Hall–Kier alpha value is -3.81. The van der Waals surface area contributed by atoms with Crippen LogP contribution in [-0.4, -0.2) is 37.2 Å². The van der Waals surface area contributed by atoms with E-state index in [-0.39, 0.29) is 5.91 Å². The summed E-state index contributed by atoms with van der Waals surface area (Å²) in [6.45, 7) is 0. The number of amides is 1. The Balaban J connectivity index is 1.66. The highest BCUT2D eigenvalue weighted by Crippen LogP contribution is 2.30. The van der Waals surface area contributed by atoms with Crippen molar-refractivity contribution in [2.24, 2.45) is 0 Å². The fourth-order valence-electron chi connectivity index (χ4n) is 2.43. The fourth-order valence-corrected chi connectivity index (χ4v) is 2.43. The van der Waals surface area contributed by atoms with E-state index >= 15 is 0 Å². The van der Waals surface area contributed by atoms with Crippen LogP contribution in [0.2, 0.25) is 0 Å². The minimum atomic E-state index is -0.303. The van der Waals surface area contributed by atoms with Crippen LogP contribution in [0.15, 0.2) is 54.9 Å². The van der Waals surface area contributed by atoms with Crippen LogP contribution in [0.4, 0.5) is 17.3 Å². The molecule has 1 aromatic heterocycles. The first-order valence-corrected chi connectivity index (χ1v) is 8.39. The largest absolute Gasteiger partial charge is 0.497 e. The van der Waals surface area contributed by atoms with Crippen molar-refractivity contribution in [3.05, 3.63) is 60.4 Å². The third-order valence-electron chi connectivity index (χ3n) is 3.90. The molecule has 0 saturated heterocycles. The molecule has 0 fully saturated rings. The Morgan fingerprint density at radius 1 is 0.821 bits per heavy atom. The molecule has 3 rings (SSSR count). The van der Waals surface area contributed by atoms with E-state index in [4.69, 9.17) is 14.2 Å². The average Bonchev–Trinajstić information content (AvgIpc) is 2.74. The SMILES string of the molecule is COc1ccc(NC(=O)c2cnc(Nc3ccc(OC)c(OC)c3)nc2)cc1. The Morgan fingerprint density at radius 3 is 2.07 bits per heavy atom. The molecule has 1 amide bonds. The number of ether oxygens (including phenoxy) is 3. The van der Waals surface area contributed by atoms with E-state index < -0.39 is 0 Å². The molecule has 0 radical (unpaired) electrons. The molecule has 0 atom stereocenters. The van der Waals surface area contributed by atoms with Crippen molar-refractivity contribution in [1.82, 2.24) is 9.97 Å². The highest BCUT2D eigenvalue weighted by Gasteiger charge is 2.09. The minimum Gasteiger partial charge on any atom is -0.497 e. The van der Waals surface area contributed by atoms with Gasteiger partial charge in [0.1, 0.15) is 5.75 Å². The Kier molecular flexibility index (Phi) is 5.91. The van der Waals surface area contributed by atoms with Gasteiger partial charge in [-0.25, -0.2) is 9.97 Å². The van der Waals surface area contributed by atoms with Crippen LogP contribution in [0, 0.1) is 0 Å². The zero-order valence-corrected chi connectivity index (χ0v) is 15.7. The van der Waals surface area contributed by atoms with E-state index in [0.717, 1.165) is 5.69 Å². The number of anilines is 3. The number of carbonyl (C=O) groups is 1. The van der Waals surface area contributed by atoms with E-state index in [1.54, 1.807) is 57.7 Å². The monoisotopic (exact) mass is 380 g/mol. The number of methoxy groups -OCH3 is 3. The van der Waals surface area contributed by atoms with Crippen LogP contribution in [0.25, 0.3) is 0 Å². The van der Waals surface area contributed by atoms with Gasteiger partial charge in [0.25, 0.3) is 5.91 Å². The summed E-state index contributed by atoms with van der Waals surface area (Å²) < 4.78 is 15.6. The summed E-state index contributed by atoms with van der Waals surface area (Å²) in [4.78, 5) is 20.7. The summed E-state index contributed by atoms with van der Waals surface area (Å²) >= 11 is 0. The lowest BCUT2D eigenvalue weighted by atomic mass is 10.2. The number of nitrogens with zero attached hydrogens (tertiary/aromatic N) is 2. The van der Waals surface area contributed by atoms with Crippen molar-refractivity contribution in [1.29, 1.82) is 0 Å². The van der Waals surface area contributed by atoms with Crippen molar-refractivity contribution in [2.45, 2.75) is 0 Å². The molecule has 0 unspecified atom stereocenters. The highest BCUT2D eigenvalue weighted by molar-refractivity contribution is 6.03. The third-order valence-corrected chi connectivity index (χ3v) is 3.90. The summed E-state index contributed by atoms with van der Waals surface area (Å²) in [5, 5.41) is 5.84. The van der Waals surface area contributed by atoms with Crippen molar-refractivity contribution < 1.29 is 19.0 Å². The second kappa shape index (κ2) is 8.72. The number of benzene rings is 2. The number of carbonyl (C=O) groups excluding carboxylic acids is 1. The molecule has 144 valence electrons. The average molecular weight is 380 g/mol. The molecule has 1 heterocycles. The van der Waals surface area contributed by atoms with Gasteiger partial charge in [-0.2, -0.15) is 0 Å². The van der Waals surface area contributed by atoms with Gasteiger partial charge in [-0.05, 0) is 36.4 Å². The molecule has 8 heteroatoms. The molecular weight excluding hydrogens is 360 g/mol. The van der Waals surface area contributed by atoms with Crippen LogP contribution in [0.5, 0.6) is 17.2 Å². The molecule has 0 aliphatic heterocycles. The number of aromatic nitrogens is 2. The minimum absolute atomic E-state index is 0.303. The predicted octanol–water partition coefficient (Wildman–Crippen LogP) is 3.50. The van der Waals surface area contributed by atoms with Gasteiger partial charge in [-0.3, -0.25) is 4.79 Å². The second-order valence-electron chi connectivity index (χ2n) is 5.67. The summed E-state index contributed by atoms with van der Waals surface area (Å²) in [5.74, 6) is 1.98. The summed E-state index contributed by atoms with van der Waals surface area (Å²) in [6, 6.07) is 12.4. The zero-order valence-electron chi connectivity index (χ0n) is 15.7. The van der Waals surface area contributed by atoms with Gasteiger partial charge in [-0.1, -0.05) is 0 Å². The van der Waals surface area contributed by atoms with Gasteiger partial charge in [0.2, 0.25) is 5.95 Å². The van der Waals surface area contributed by atoms with Gasteiger partial charge in [0.15, 0.2) is 11.5 Å². The molecule has 8 nitrogen and oxygen atoms in total. The van der Waals surface area contributed by atoms with Gasteiger partial charge >= 0.3 is 0 Å². The molecule has 0 aliphatic carbocycles. The van der Waals surface area contributed by atoms with Crippen LogP contribution in [-0.2, 0) is 0 Å². The maximum atomic E-state index is 12.3. The Bertz CT molecular complexity index is 943. The predicted molar refractivity (Wildman–Crippen MR) is 106 cm³/mol. The van der Waals surface area contributed by atoms with Crippen LogP contribution >= 0.6 is 0 Å². The number of rotatable bonds is 7. The van der Waals surface area contributed by atoms with Crippen molar-refractivity contribution in [3.63, 3.8) is 0 Å². The summed E-state index contributed by atoms with van der Waals surface area (Å²) in [5.41, 5.74) is 1.72. The molecule has 0 bridgehead atoms. The first-order chi connectivity index (χ1) is 13.6. The van der Waals surface area contributed by atoms with Gasteiger partial charge in [0, 0.05) is 29.8 Å². The number of hydrogen-bond donors (Lipinski definition) is 2. The zero-order chi connectivity index (χ0) is 19.9. The van der Waals surface area contributed by atoms with E-state index in [9.17, 15) is 4.79 Å². The van der Waals surface area contributed by atoms with Crippen LogP contribution in [0.3, 0.4) is 0 Å². The molecule has 2 aromatic carbocycles. The smallest absolute Gasteiger partial charge is 0.258 e. The van der Waals surface area contributed by atoms with E-state index in [1.807, 2.05) is 6.07 Å². The lowest BCUT2D eigenvalue weighted by Gasteiger charge is -2.10. The van der Waals surface area contributed by atoms with Crippen LogP contribution < -0.4 is 24.8 Å². The fraction of sp³-hybridized carbons (Fsp3) is 0.150. The standard InChI is InChI=1S/C20H20N4O4/c1-26-16-7-4-14(5-8-16)23-19(25)13-11-21-20(22-12-13)24-15-6-9-17(27-2)18(10-15)28-3/h4-12H,1-3H3,(H,23,25)(H,21,22,24). The second-order valence-corrected chi connectivity index (χ2v) is 5.67. The lowest BCUT2D eigenvalue weighted by molar-refractivity contribution is 0.102. The molecule has 0 aliphatic rings. The molecule has 3 aromatic rings. The van der Waals surface area contributed by atoms with E-state index in [0.29, 0.717) is 34.4 Å². The van der Waals surface area contributed by atoms with Gasteiger partial charge < -0.3 is 24.8 Å². The normalized spacial score (nSPS) is 10.1. The molecule has 2 N–H and O–H groups in total. The van der Waals surface area contributed by atoms with Crippen LogP contribution in [0.1, 0.15) is 10.4 Å². The Labute approximate surface area is 162 Å². The quantitative estimate of drug-likeness (QED) is 0.648. The summed E-state index contributed by atoms with van der Waals surface area (Å²) in [7, 11) is 4.72. The molecular formula is C20H20N4O4. The maximum Gasteiger partial charge on any atom is 0.258 e. The lowest BCUT2D eigenvalue weighted by Crippen LogP contribution is -2.13. The Morgan fingerprint density at radius 2 is 1.46 bits per heavy atom. The van der Waals surface area contributed by atoms with Crippen molar-refractivity contribution >= 4 is 23.2 Å². The van der Waals surface area contributed by atoms with E-state index in [2.05, 4.69) is 20.6 Å². The first kappa shape index (κ1) is 19.0. The van der Waals surface area contributed by atoms with Crippen molar-refractivity contribution in [2.75, 3.05) is 32.0 Å². The number of hydrogen-bond acceptors (Lipinski definition) is 7. The van der Waals surface area contributed by atoms with Crippen molar-refractivity contribution in [3.8, 4) is 17.2 Å². The third kappa shape index (κ3) is 4.47. The van der Waals surface area contributed by atoms with E-state index in [1.165, 1.54) is 12.4 Å². The van der Waals surface area contributed by atoms with Gasteiger partial charge in [0.05, 0.1) is 26.9 Å². The molecule has 0 spiro atoms. The van der Waals surface area contributed by atoms with Gasteiger partial charge in [-0.15, -0.1) is 0 Å². The number of nitrogens with one attached hydrogen (secondary N) is 2. The maximum absolute atomic E-state index is 12.3. The topological polar surface area (TPSA) is 94.6 Å². The molecule has 28 heavy (non-hydrogen) atoms. The summed E-state index contributed by atoms with van der Waals surface area (Å²) in [6.07, 6.45) is 2.91. The first-order valence-electron chi connectivity index (χ1n) is 8.39. The highest BCUT2D eigenvalue weighted by atomic mass is 16.5. The molecule has 0 saturated carbocycles.